The second kappa shape index (κ2) is 6.20. The van der Waals surface area contributed by atoms with Gasteiger partial charge in [-0.2, -0.15) is 0 Å². The van der Waals surface area contributed by atoms with Gasteiger partial charge in [-0.3, -0.25) is 4.79 Å². The van der Waals surface area contributed by atoms with Gasteiger partial charge in [0.1, 0.15) is 0 Å². The molecule has 2 N–H and O–H groups in total. The highest BCUT2D eigenvalue weighted by molar-refractivity contribution is 9.10. The van der Waals surface area contributed by atoms with E-state index in [2.05, 4.69) is 38.3 Å². The lowest BCUT2D eigenvalue weighted by Crippen LogP contribution is -2.33. The van der Waals surface area contributed by atoms with E-state index >= 15 is 0 Å². The highest BCUT2D eigenvalue weighted by Gasteiger charge is 2.22. The molecule has 1 atom stereocenters. The van der Waals surface area contributed by atoms with Crippen molar-refractivity contribution in [3.8, 4) is 0 Å². The first kappa shape index (κ1) is 13.4. The summed E-state index contributed by atoms with van der Waals surface area (Å²) in [4.78, 5) is 12.8. The first-order valence-electron chi connectivity index (χ1n) is 6.11. The Kier molecular flexibility index (Phi) is 4.60. The van der Waals surface area contributed by atoms with Crippen molar-refractivity contribution in [2.45, 2.75) is 18.9 Å². The summed E-state index contributed by atoms with van der Waals surface area (Å²) in [6.07, 6.45) is 1.25. The molecule has 0 aromatic heterocycles. The van der Waals surface area contributed by atoms with Crippen molar-refractivity contribution in [1.29, 1.82) is 0 Å². The molecule has 98 valence electrons. The molecule has 0 aliphatic carbocycles. The molecule has 1 aliphatic rings. The van der Waals surface area contributed by atoms with E-state index in [9.17, 15) is 4.79 Å². The second-order valence-corrected chi connectivity index (χ2v) is 5.43. The number of carboxylic acid groups (broad SMARTS) is 1. The predicted octanol–water partition coefficient (Wildman–Crippen LogP) is 2.09. The fourth-order valence-electron chi connectivity index (χ4n) is 2.22. The molecule has 5 heteroatoms. The topological polar surface area (TPSA) is 52.6 Å². The summed E-state index contributed by atoms with van der Waals surface area (Å²) in [7, 11) is 0. The third kappa shape index (κ3) is 3.71. The summed E-state index contributed by atoms with van der Waals surface area (Å²) >= 11 is 3.47. The van der Waals surface area contributed by atoms with Crippen LogP contribution in [0.25, 0.3) is 0 Å². The second-order valence-electron chi connectivity index (χ2n) is 4.51. The van der Waals surface area contributed by atoms with Crippen LogP contribution < -0.4 is 10.2 Å². The van der Waals surface area contributed by atoms with Crippen LogP contribution in [-0.4, -0.2) is 36.8 Å². The van der Waals surface area contributed by atoms with Gasteiger partial charge in [0.05, 0.1) is 6.42 Å². The number of carbonyl (C=O) groups is 1. The zero-order chi connectivity index (χ0) is 13.0. The summed E-state index contributed by atoms with van der Waals surface area (Å²) in [6.45, 7) is 2.50. The van der Waals surface area contributed by atoms with Gasteiger partial charge in [-0.1, -0.05) is 22.0 Å². The molecule has 0 amide bonds. The van der Waals surface area contributed by atoms with Crippen LogP contribution in [0.1, 0.15) is 12.8 Å². The molecule has 0 spiro atoms. The minimum Gasteiger partial charge on any atom is -0.481 e. The van der Waals surface area contributed by atoms with Gasteiger partial charge in [0, 0.05) is 35.8 Å². The van der Waals surface area contributed by atoms with Crippen LogP contribution in [0.15, 0.2) is 28.7 Å². The number of halogens is 1. The largest absolute Gasteiger partial charge is 0.481 e. The van der Waals surface area contributed by atoms with Gasteiger partial charge in [-0.25, -0.2) is 0 Å². The summed E-state index contributed by atoms with van der Waals surface area (Å²) < 4.78 is 1.09. The molecule has 2 rings (SSSR count). The van der Waals surface area contributed by atoms with E-state index in [4.69, 9.17) is 5.11 Å². The number of hydrogen-bond donors (Lipinski definition) is 2. The van der Waals surface area contributed by atoms with Crippen LogP contribution in [0.3, 0.4) is 0 Å². The van der Waals surface area contributed by atoms with E-state index in [-0.39, 0.29) is 6.42 Å². The van der Waals surface area contributed by atoms with Crippen LogP contribution >= 0.6 is 15.9 Å². The Morgan fingerprint density at radius 2 is 2.39 bits per heavy atom. The van der Waals surface area contributed by atoms with E-state index in [1.807, 2.05) is 12.1 Å². The SMILES string of the molecule is O=C(O)CCNC1CCN(c2cccc(Br)c2)C1. The van der Waals surface area contributed by atoms with E-state index in [1.54, 1.807) is 0 Å². The fraction of sp³-hybridized carbons (Fsp3) is 0.462. The summed E-state index contributed by atoms with van der Waals surface area (Å²) in [5.74, 6) is -0.746. The molecule has 1 aromatic rings. The summed E-state index contributed by atoms with van der Waals surface area (Å²) in [5, 5.41) is 11.9. The molecule has 1 saturated heterocycles. The Morgan fingerprint density at radius 3 is 3.11 bits per heavy atom. The van der Waals surface area contributed by atoms with Gasteiger partial charge in [0.15, 0.2) is 0 Å². The Balaban J connectivity index is 1.83. The van der Waals surface area contributed by atoms with Gasteiger partial charge in [-0.05, 0) is 24.6 Å². The number of anilines is 1. The van der Waals surface area contributed by atoms with E-state index in [0.717, 1.165) is 24.0 Å². The van der Waals surface area contributed by atoms with E-state index in [0.29, 0.717) is 12.6 Å². The molecule has 1 aromatic carbocycles. The number of nitrogens with one attached hydrogen (secondary N) is 1. The van der Waals surface area contributed by atoms with Crippen molar-refractivity contribution in [3.63, 3.8) is 0 Å². The average molecular weight is 313 g/mol. The molecule has 18 heavy (non-hydrogen) atoms. The minimum atomic E-state index is -0.746. The van der Waals surface area contributed by atoms with E-state index < -0.39 is 5.97 Å². The van der Waals surface area contributed by atoms with Crippen molar-refractivity contribution in [2.24, 2.45) is 0 Å². The monoisotopic (exact) mass is 312 g/mol. The smallest absolute Gasteiger partial charge is 0.304 e. The Labute approximate surface area is 115 Å². The van der Waals surface area contributed by atoms with Gasteiger partial charge in [0.2, 0.25) is 0 Å². The summed E-state index contributed by atoms with van der Waals surface area (Å²) in [6, 6.07) is 8.65. The predicted molar refractivity (Wildman–Crippen MR) is 75.0 cm³/mol. The lowest BCUT2D eigenvalue weighted by atomic mass is 10.2. The molecule has 0 bridgehead atoms. The van der Waals surface area contributed by atoms with Gasteiger partial charge < -0.3 is 15.3 Å². The van der Waals surface area contributed by atoms with Crippen LogP contribution in [0.5, 0.6) is 0 Å². The molecular formula is C13H17BrN2O2. The van der Waals surface area contributed by atoms with Gasteiger partial charge in [-0.15, -0.1) is 0 Å². The van der Waals surface area contributed by atoms with Crippen molar-refractivity contribution in [1.82, 2.24) is 5.32 Å². The number of nitrogens with zero attached hydrogens (tertiary/aromatic N) is 1. The molecule has 1 heterocycles. The third-order valence-electron chi connectivity index (χ3n) is 3.13. The lowest BCUT2D eigenvalue weighted by Gasteiger charge is -2.19. The maximum atomic E-state index is 10.4. The zero-order valence-electron chi connectivity index (χ0n) is 10.1. The molecule has 0 saturated carbocycles. The Morgan fingerprint density at radius 1 is 1.56 bits per heavy atom. The maximum absolute atomic E-state index is 10.4. The number of rotatable bonds is 5. The normalized spacial score (nSPS) is 19.2. The molecule has 1 aliphatic heterocycles. The highest BCUT2D eigenvalue weighted by Crippen LogP contribution is 2.23. The van der Waals surface area contributed by atoms with Gasteiger partial charge in [0.25, 0.3) is 0 Å². The number of aliphatic carboxylic acids is 1. The quantitative estimate of drug-likeness (QED) is 0.874. The number of benzene rings is 1. The molecule has 1 fully saturated rings. The van der Waals surface area contributed by atoms with Crippen molar-refractivity contribution >= 4 is 27.6 Å². The van der Waals surface area contributed by atoms with Gasteiger partial charge >= 0.3 is 5.97 Å². The van der Waals surface area contributed by atoms with E-state index in [1.165, 1.54) is 5.69 Å². The first-order valence-corrected chi connectivity index (χ1v) is 6.90. The molecule has 0 radical (unpaired) electrons. The van der Waals surface area contributed by atoms with Crippen LogP contribution in [0.4, 0.5) is 5.69 Å². The highest BCUT2D eigenvalue weighted by atomic mass is 79.9. The minimum absolute atomic E-state index is 0.188. The Hall–Kier alpha value is -1.07. The molecular weight excluding hydrogens is 296 g/mol. The van der Waals surface area contributed by atoms with Crippen molar-refractivity contribution in [2.75, 3.05) is 24.5 Å². The fourth-order valence-corrected chi connectivity index (χ4v) is 2.60. The zero-order valence-corrected chi connectivity index (χ0v) is 11.7. The Bertz CT molecular complexity index is 425. The first-order chi connectivity index (χ1) is 8.65. The molecule has 1 unspecified atom stereocenters. The van der Waals surface area contributed by atoms with Crippen LogP contribution in [0.2, 0.25) is 0 Å². The maximum Gasteiger partial charge on any atom is 0.304 e. The summed E-state index contributed by atoms with van der Waals surface area (Å²) in [5.41, 5.74) is 1.21. The average Bonchev–Trinajstić information content (AvgIpc) is 2.77. The number of hydrogen-bond acceptors (Lipinski definition) is 3. The standard InChI is InChI=1S/C13H17BrN2O2/c14-10-2-1-3-12(8-10)16-7-5-11(9-16)15-6-4-13(17)18/h1-3,8,11,15H,4-7,9H2,(H,17,18). The molecule has 4 nitrogen and oxygen atoms in total. The van der Waals surface area contributed by atoms with Crippen LogP contribution in [-0.2, 0) is 4.79 Å². The lowest BCUT2D eigenvalue weighted by molar-refractivity contribution is -0.136. The third-order valence-corrected chi connectivity index (χ3v) is 3.63. The van der Waals surface area contributed by atoms with Crippen LogP contribution in [0, 0.1) is 0 Å². The number of carboxylic acids is 1. The van der Waals surface area contributed by atoms with Crippen molar-refractivity contribution in [3.05, 3.63) is 28.7 Å². The van der Waals surface area contributed by atoms with Crippen molar-refractivity contribution < 1.29 is 9.90 Å².